The van der Waals surface area contributed by atoms with Gasteiger partial charge >= 0.3 is 13.8 Å². The van der Waals surface area contributed by atoms with Gasteiger partial charge in [-0.2, -0.15) is 0 Å². The Morgan fingerprint density at radius 3 is 1.27 bits per heavy atom. The molecule has 0 aliphatic carbocycles. The lowest BCUT2D eigenvalue weighted by Gasteiger charge is -2.27. The third-order valence-electron chi connectivity index (χ3n) is 13.4. The van der Waals surface area contributed by atoms with E-state index >= 15 is 0 Å². The fraction of sp³-hybridized carbons (Fsp3) is 0.681. The van der Waals surface area contributed by atoms with Crippen LogP contribution < -0.4 is 5.32 Å². The van der Waals surface area contributed by atoms with Crippen molar-refractivity contribution in [2.75, 3.05) is 40.9 Å². The highest BCUT2D eigenvalue weighted by Crippen LogP contribution is 2.43. The van der Waals surface area contributed by atoms with Gasteiger partial charge < -0.3 is 19.4 Å². The fourth-order valence-electron chi connectivity index (χ4n) is 8.49. The van der Waals surface area contributed by atoms with E-state index in [-0.39, 0.29) is 37.9 Å². The molecule has 0 bridgehead atoms. The molecule has 79 heavy (non-hydrogen) atoms. The van der Waals surface area contributed by atoms with Crippen LogP contribution in [-0.2, 0) is 27.9 Å². The first-order valence-corrected chi connectivity index (χ1v) is 33.4. The number of nitrogens with zero attached hydrogens (tertiary/aromatic N) is 1. The fourth-order valence-corrected chi connectivity index (χ4v) is 9.22. The molecule has 0 aromatic carbocycles. The van der Waals surface area contributed by atoms with E-state index in [0.717, 1.165) is 103 Å². The molecule has 1 amide bonds. The summed E-state index contributed by atoms with van der Waals surface area (Å²) in [6.45, 7) is 6.81. The topological polar surface area (TPSA) is 111 Å². The summed E-state index contributed by atoms with van der Waals surface area (Å²) in [5.41, 5.74) is 0. The minimum atomic E-state index is -4.48. The SMILES string of the molecule is CC/C=C\C/C=C\C/C=C\C/C=C\C/C=C\CCCC(=O)NC(COP(=O)(O)OCC[N+](C)(C)C)C(/C=C\CCCCCCCCCCCCC)OC(=O)CCCCCCCCC/C=C\C/C=C\C/C=C\C/C=C\CCCCC. The van der Waals surface area contributed by atoms with Crippen molar-refractivity contribution in [1.82, 2.24) is 5.32 Å². The maximum Gasteiger partial charge on any atom is 0.472 e. The minimum absolute atomic E-state index is 0.0213. The van der Waals surface area contributed by atoms with Crippen LogP contribution in [0.25, 0.3) is 0 Å². The van der Waals surface area contributed by atoms with Gasteiger partial charge in [0.15, 0.2) is 0 Å². The maximum atomic E-state index is 13.5. The second-order valence-corrected chi connectivity index (χ2v) is 23.6. The average Bonchev–Trinajstić information content (AvgIpc) is 3.41. The van der Waals surface area contributed by atoms with Crippen LogP contribution in [0, 0.1) is 0 Å². The molecule has 0 radical (unpaired) electrons. The van der Waals surface area contributed by atoms with Crippen LogP contribution in [0.1, 0.15) is 252 Å². The van der Waals surface area contributed by atoms with E-state index in [1.54, 1.807) is 0 Å². The second kappa shape index (κ2) is 57.6. The Morgan fingerprint density at radius 2 is 0.823 bits per heavy atom. The van der Waals surface area contributed by atoms with Gasteiger partial charge in [-0.3, -0.25) is 18.6 Å². The number of hydrogen-bond acceptors (Lipinski definition) is 6. The number of quaternary nitrogens is 1. The molecule has 2 N–H and O–H groups in total. The van der Waals surface area contributed by atoms with Crippen molar-refractivity contribution in [3.8, 4) is 0 Å². The molecule has 10 heteroatoms. The highest BCUT2D eigenvalue weighted by molar-refractivity contribution is 7.47. The Balaban J connectivity index is 5.35. The lowest BCUT2D eigenvalue weighted by Crippen LogP contribution is -2.47. The predicted octanol–water partition coefficient (Wildman–Crippen LogP) is 19.9. The lowest BCUT2D eigenvalue weighted by atomic mass is 10.0. The molecule has 0 saturated heterocycles. The van der Waals surface area contributed by atoms with Gasteiger partial charge in [0, 0.05) is 12.8 Å². The summed E-state index contributed by atoms with van der Waals surface area (Å²) in [7, 11) is 1.44. The van der Waals surface area contributed by atoms with Gasteiger partial charge in [-0.15, -0.1) is 0 Å². The number of rotatable bonds is 56. The number of carbonyl (C=O) groups is 2. The van der Waals surface area contributed by atoms with Crippen LogP contribution in [0.4, 0.5) is 0 Å². The summed E-state index contributed by atoms with van der Waals surface area (Å²) in [5.74, 6) is -0.592. The number of allylic oxidation sites excluding steroid dienone is 19. The number of unbranched alkanes of at least 4 members (excludes halogenated alkanes) is 22. The van der Waals surface area contributed by atoms with Crippen molar-refractivity contribution in [1.29, 1.82) is 0 Å². The quantitative estimate of drug-likeness (QED) is 0.0205. The number of phosphoric ester groups is 1. The number of likely N-dealkylation sites (N-methyl/N-ethyl adjacent to an activating group) is 1. The van der Waals surface area contributed by atoms with Gasteiger partial charge in [0.05, 0.1) is 33.8 Å². The summed E-state index contributed by atoms with van der Waals surface area (Å²) in [6.07, 6.45) is 80.6. The molecule has 0 aromatic heterocycles. The van der Waals surface area contributed by atoms with E-state index in [1.807, 2.05) is 33.3 Å². The number of ether oxygens (including phenoxy) is 1. The zero-order valence-electron chi connectivity index (χ0n) is 51.6. The van der Waals surface area contributed by atoms with E-state index in [1.165, 1.54) is 103 Å². The van der Waals surface area contributed by atoms with Crippen molar-refractivity contribution < 1.29 is 37.3 Å². The first-order valence-electron chi connectivity index (χ1n) is 31.9. The summed E-state index contributed by atoms with van der Waals surface area (Å²) < 4.78 is 30.7. The average molecular weight is 1120 g/mol. The van der Waals surface area contributed by atoms with Crippen LogP contribution in [0.15, 0.2) is 122 Å². The van der Waals surface area contributed by atoms with Gasteiger partial charge in [-0.25, -0.2) is 4.57 Å². The first kappa shape index (κ1) is 75.4. The molecular weight excluding hydrogens is 1000 g/mol. The standard InChI is InChI=1S/C69H119N2O7P/c1-7-10-13-16-19-22-25-28-30-32-33-34-35-36-37-39-41-44-47-50-53-56-59-62-69(73)78-67(60-57-54-51-48-45-42-27-24-21-18-15-12-9-3)66(65-77-79(74,75)76-64-63-71(4,5)6)70-68(72)61-58-55-52-49-46-43-40-38-31-29-26-23-20-17-14-11-8-2/h11,14,19-20,22-23,28-31,33-34,36-37,40,43,49,52,57,60,66-67H,7-10,12-13,15-18,21,24-27,32,35,38-39,41-42,44-48,50-51,53-56,58-59,61-65H2,1-6H3,(H-,70,72,74,75)/p+1/b14-11-,22-19-,23-20-,30-28-,31-29-,34-33-,37-36-,43-40-,52-49-,60-57-. The molecule has 452 valence electrons. The summed E-state index contributed by atoms with van der Waals surface area (Å²) >= 11 is 0. The summed E-state index contributed by atoms with van der Waals surface area (Å²) in [4.78, 5) is 37.7. The maximum absolute atomic E-state index is 13.5. The zero-order chi connectivity index (χ0) is 57.9. The number of carbonyl (C=O) groups excluding carboxylic acids is 2. The minimum Gasteiger partial charge on any atom is -0.456 e. The smallest absolute Gasteiger partial charge is 0.456 e. The Labute approximate surface area is 486 Å². The van der Waals surface area contributed by atoms with E-state index in [4.69, 9.17) is 13.8 Å². The second-order valence-electron chi connectivity index (χ2n) is 22.2. The largest absolute Gasteiger partial charge is 0.472 e. The third-order valence-corrected chi connectivity index (χ3v) is 14.4. The first-order chi connectivity index (χ1) is 38.4. The van der Waals surface area contributed by atoms with Gasteiger partial charge in [0.25, 0.3) is 0 Å². The Morgan fingerprint density at radius 1 is 0.456 bits per heavy atom. The highest BCUT2D eigenvalue weighted by Gasteiger charge is 2.30. The molecule has 9 nitrogen and oxygen atoms in total. The highest BCUT2D eigenvalue weighted by atomic mass is 31.2. The summed E-state index contributed by atoms with van der Waals surface area (Å²) in [6, 6.07) is -0.891. The number of nitrogens with one attached hydrogen (secondary N) is 1. The van der Waals surface area contributed by atoms with Crippen molar-refractivity contribution in [3.63, 3.8) is 0 Å². The molecule has 3 atom stereocenters. The molecule has 0 saturated carbocycles. The van der Waals surface area contributed by atoms with E-state index in [2.05, 4.69) is 135 Å². The molecule has 3 unspecified atom stereocenters. The molecule has 0 aliphatic heterocycles. The van der Waals surface area contributed by atoms with Crippen molar-refractivity contribution in [2.24, 2.45) is 0 Å². The van der Waals surface area contributed by atoms with Crippen LogP contribution >= 0.6 is 7.82 Å². The number of hydrogen-bond donors (Lipinski definition) is 2. The van der Waals surface area contributed by atoms with Crippen LogP contribution in [0.3, 0.4) is 0 Å². The van der Waals surface area contributed by atoms with Crippen LogP contribution in [-0.4, -0.2) is 74.3 Å². The molecular formula is C69H120N2O7P+. The normalized spacial score (nSPS) is 14.5. The Kier molecular flexibility index (Phi) is 55.0. The monoisotopic (exact) mass is 1120 g/mol. The molecule has 0 aliphatic rings. The zero-order valence-corrected chi connectivity index (χ0v) is 52.5. The van der Waals surface area contributed by atoms with Gasteiger partial charge in [-0.05, 0) is 115 Å². The van der Waals surface area contributed by atoms with Gasteiger partial charge in [0.1, 0.15) is 19.3 Å². The lowest BCUT2D eigenvalue weighted by molar-refractivity contribution is -0.870. The van der Waals surface area contributed by atoms with Crippen molar-refractivity contribution >= 4 is 19.7 Å². The van der Waals surface area contributed by atoms with Crippen molar-refractivity contribution in [2.45, 2.75) is 264 Å². The predicted molar refractivity (Wildman–Crippen MR) is 341 cm³/mol. The van der Waals surface area contributed by atoms with E-state index in [9.17, 15) is 19.0 Å². The molecule has 0 spiro atoms. The van der Waals surface area contributed by atoms with Gasteiger partial charge in [-0.1, -0.05) is 245 Å². The third kappa shape index (κ3) is 58.9. The number of phosphoric acid groups is 1. The number of esters is 1. The molecule has 0 rings (SSSR count). The van der Waals surface area contributed by atoms with Crippen LogP contribution in [0.2, 0.25) is 0 Å². The van der Waals surface area contributed by atoms with Crippen molar-refractivity contribution in [3.05, 3.63) is 122 Å². The Hall–Kier alpha value is -3.59. The molecule has 0 fully saturated rings. The number of amides is 1. The van der Waals surface area contributed by atoms with Gasteiger partial charge in [0.2, 0.25) is 5.91 Å². The summed E-state index contributed by atoms with van der Waals surface area (Å²) in [5, 5.41) is 3.02. The van der Waals surface area contributed by atoms with E-state index in [0.29, 0.717) is 23.9 Å². The molecule has 0 aromatic rings. The Bertz CT molecular complexity index is 1770. The van der Waals surface area contributed by atoms with Crippen LogP contribution in [0.5, 0.6) is 0 Å². The molecule has 0 heterocycles. The van der Waals surface area contributed by atoms with E-state index < -0.39 is 20.0 Å².